The Bertz CT molecular complexity index is 266. The largest absolute Gasteiger partial charge is 0.465 e. The molecule has 1 rings (SSSR count). The van der Waals surface area contributed by atoms with Crippen LogP contribution in [0, 0.1) is 0 Å². The smallest absolute Gasteiger partial charge is 0.404 e. The predicted molar refractivity (Wildman–Crippen MR) is 55.8 cm³/mol. The molecule has 1 fully saturated rings. The van der Waals surface area contributed by atoms with Crippen molar-refractivity contribution in [3.8, 4) is 0 Å². The fourth-order valence-electron chi connectivity index (χ4n) is 2.43. The maximum atomic E-state index is 13.9. The van der Waals surface area contributed by atoms with Crippen molar-refractivity contribution in [2.24, 2.45) is 0 Å². The van der Waals surface area contributed by atoms with Gasteiger partial charge in [-0.15, -0.1) is 0 Å². The van der Waals surface area contributed by atoms with E-state index >= 15 is 0 Å². The number of alkyl halides is 1. The molecule has 1 aliphatic heterocycles. The van der Waals surface area contributed by atoms with Gasteiger partial charge in [-0.2, -0.15) is 0 Å². The highest BCUT2D eigenvalue weighted by atomic mass is 19.1. The molecule has 2 atom stereocenters. The minimum atomic E-state index is -1.22. The molecule has 0 unspecified atom stereocenters. The van der Waals surface area contributed by atoms with Crippen molar-refractivity contribution in [1.82, 2.24) is 10.6 Å². The normalized spacial score (nSPS) is 33.4. The van der Waals surface area contributed by atoms with Gasteiger partial charge in [0.1, 0.15) is 6.17 Å². The third kappa shape index (κ3) is 2.81. The van der Waals surface area contributed by atoms with Crippen molar-refractivity contribution >= 4 is 6.09 Å². The number of hydrogen-bond donors (Lipinski definition) is 3. The van der Waals surface area contributed by atoms with Crippen molar-refractivity contribution in [2.75, 3.05) is 0 Å². The quantitative estimate of drug-likeness (QED) is 0.625. The molecule has 3 N–H and O–H groups in total. The van der Waals surface area contributed by atoms with Crippen LogP contribution in [0.3, 0.4) is 0 Å². The highest BCUT2D eigenvalue weighted by Gasteiger charge is 2.46. The van der Waals surface area contributed by atoms with Crippen LogP contribution in [0.4, 0.5) is 9.18 Å². The molecule has 0 radical (unpaired) electrons. The van der Waals surface area contributed by atoms with E-state index in [4.69, 9.17) is 5.11 Å². The summed E-state index contributed by atoms with van der Waals surface area (Å²) in [6.45, 7) is 7.37. The Hall–Kier alpha value is -0.840. The van der Waals surface area contributed by atoms with Gasteiger partial charge in [-0.05, 0) is 34.1 Å². The molecule has 0 aromatic rings. The maximum absolute atomic E-state index is 13.9. The molecule has 15 heavy (non-hydrogen) atoms. The molecule has 1 saturated heterocycles. The average molecular weight is 218 g/mol. The first kappa shape index (κ1) is 12.2. The van der Waals surface area contributed by atoms with Crippen LogP contribution in [0.15, 0.2) is 0 Å². The van der Waals surface area contributed by atoms with Crippen LogP contribution in [0.1, 0.15) is 34.1 Å². The second-order valence-electron chi connectivity index (χ2n) is 5.39. The number of nitrogens with one attached hydrogen (secondary N) is 2. The highest BCUT2D eigenvalue weighted by molar-refractivity contribution is 5.65. The van der Waals surface area contributed by atoms with Gasteiger partial charge in [-0.3, -0.25) is 0 Å². The summed E-state index contributed by atoms with van der Waals surface area (Å²) >= 11 is 0. The molecule has 4 nitrogen and oxygen atoms in total. The summed E-state index contributed by atoms with van der Waals surface area (Å²) in [5.41, 5.74) is -0.978. The van der Waals surface area contributed by atoms with E-state index in [9.17, 15) is 9.18 Å². The molecule has 0 saturated carbocycles. The first-order chi connectivity index (χ1) is 6.64. The zero-order valence-electron chi connectivity index (χ0n) is 9.60. The van der Waals surface area contributed by atoms with Crippen LogP contribution in [-0.2, 0) is 0 Å². The number of rotatable bonds is 1. The van der Waals surface area contributed by atoms with Crippen LogP contribution < -0.4 is 10.6 Å². The summed E-state index contributed by atoms with van der Waals surface area (Å²) in [6.07, 6.45) is -1.94. The van der Waals surface area contributed by atoms with Gasteiger partial charge in [0.25, 0.3) is 0 Å². The van der Waals surface area contributed by atoms with Gasteiger partial charge in [0.05, 0.1) is 6.04 Å². The van der Waals surface area contributed by atoms with E-state index in [1.807, 2.05) is 13.8 Å². The molecule has 0 aromatic carbocycles. The molecular weight excluding hydrogens is 199 g/mol. The van der Waals surface area contributed by atoms with Crippen molar-refractivity contribution < 1.29 is 14.3 Å². The summed E-state index contributed by atoms with van der Waals surface area (Å²) in [5.74, 6) is 0. The van der Waals surface area contributed by atoms with Crippen molar-refractivity contribution in [1.29, 1.82) is 0 Å². The number of piperidine rings is 1. The summed E-state index contributed by atoms with van der Waals surface area (Å²) in [7, 11) is 0. The van der Waals surface area contributed by atoms with E-state index in [-0.39, 0.29) is 5.54 Å². The molecule has 0 spiro atoms. The highest BCUT2D eigenvalue weighted by Crippen LogP contribution is 2.30. The monoisotopic (exact) mass is 218 g/mol. The Morgan fingerprint density at radius 2 is 2.00 bits per heavy atom. The van der Waals surface area contributed by atoms with Crippen LogP contribution in [0.25, 0.3) is 0 Å². The summed E-state index contributed by atoms with van der Waals surface area (Å²) < 4.78 is 13.9. The van der Waals surface area contributed by atoms with E-state index < -0.39 is 23.8 Å². The summed E-state index contributed by atoms with van der Waals surface area (Å²) in [4.78, 5) is 10.5. The van der Waals surface area contributed by atoms with E-state index in [0.29, 0.717) is 6.42 Å². The molecule has 5 heteroatoms. The van der Waals surface area contributed by atoms with Crippen molar-refractivity contribution in [3.05, 3.63) is 0 Å². The lowest BCUT2D eigenvalue weighted by molar-refractivity contribution is 0.0447. The second-order valence-corrected chi connectivity index (χ2v) is 5.39. The Balaban J connectivity index is 2.83. The van der Waals surface area contributed by atoms with Gasteiger partial charge in [0.15, 0.2) is 0 Å². The van der Waals surface area contributed by atoms with Crippen LogP contribution in [0.2, 0.25) is 0 Å². The summed E-state index contributed by atoms with van der Waals surface area (Å²) in [6, 6.07) is -0.645. The lowest BCUT2D eigenvalue weighted by atomic mass is 9.78. The minimum absolute atomic E-state index is 0.265. The standard InChI is InChI=1S/C10H19FN2O2/c1-9(2)5-6(12-8(14)15)7(11)10(3,4)13-9/h6-7,12-13H,5H2,1-4H3,(H,14,15)/t6-,7-/m0/s1. The fraction of sp³-hybridized carbons (Fsp3) is 0.900. The Morgan fingerprint density at radius 1 is 1.47 bits per heavy atom. The number of carbonyl (C=O) groups is 1. The second kappa shape index (κ2) is 3.63. The molecule has 0 bridgehead atoms. The van der Waals surface area contributed by atoms with Gasteiger partial charge < -0.3 is 15.7 Å². The zero-order chi connectivity index (χ0) is 11.9. The van der Waals surface area contributed by atoms with E-state index in [1.54, 1.807) is 13.8 Å². The number of hydrogen-bond acceptors (Lipinski definition) is 2. The first-order valence-corrected chi connectivity index (χ1v) is 5.07. The van der Waals surface area contributed by atoms with Gasteiger partial charge in [-0.25, -0.2) is 9.18 Å². The Morgan fingerprint density at radius 3 is 2.47 bits per heavy atom. The van der Waals surface area contributed by atoms with Gasteiger partial charge in [0, 0.05) is 11.1 Å². The first-order valence-electron chi connectivity index (χ1n) is 5.07. The lowest BCUT2D eigenvalue weighted by Gasteiger charge is -2.48. The van der Waals surface area contributed by atoms with Crippen LogP contribution in [0.5, 0.6) is 0 Å². The van der Waals surface area contributed by atoms with Crippen molar-refractivity contribution in [2.45, 2.75) is 57.4 Å². The molecule has 1 amide bonds. The molecule has 1 heterocycles. The molecule has 0 aliphatic carbocycles. The molecule has 88 valence electrons. The van der Waals surface area contributed by atoms with Gasteiger partial charge in [0.2, 0.25) is 0 Å². The SMILES string of the molecule is CC1(C)C[C@H](NC(=O)O)[C@H](F)C(C)(C)N1. The Labute approximate surface area is 89.2 Å². The van der Waals surface area contributed by atoms with E-state index in [0.717, 1.165) is 0 Å². The third-order valence-electron chi connectivity index (χ3n) is 2.74. The lowest BCUT2D eigenvalue weighted by Crippen LogP contribution is -2.68. The molecule has 0 aromatic heterocycles. The van der Waals surface area contributed by atoms with Gasteiger partial charge in [-0.1, -0.05) is 0 Å². The zero-order valence-corrected chi connectivity index (χ0v) is 9.60. The topological polar surface area (TPSA) is 61.4 Å². The Kier molecular flexibility index (Phi) is 2.96. The third-order valence-corrected chi connectivity index (χ3v) is 2.74. The van der Waals surface area contributed by atoms with E-state index in [2.05, 4.69) is 10.6 Å². The maximum Gasteiger partial charge on any atom is 0.404 e. The number of halogens is 1. The fourth-order valence-corrected chi connectivity index (χ4v) is 2.43. The molecule has 1 aliphatic rings. The molecular formula is C10H19FN2O2. The van der Waals surface area contributed by atoms with Gasteiger partial charge >= 0.3 is 6.09 Å². The van der Waals surface area contributed by atoms with E-state index in [1.165, 1.54) is 0 Å². The average Bonchev–Trinajstić information content (AvgIpc) is 1.95. The minimum Gasteiger partial charge on any atom is -0.465 e. The van der Waals surface area contributed by atoms with Crippen molar-refractivity contribution in [3.63, 3.8) is 0 Å². The van der Waals surface area contributed by atoms with Crippen LogP contribution in [-0.4, -0.2) is 34.5 Å². The number of amides is 1. The van der Waals surface area contributed by atoms with Crippen LogP contribution >= 0.6 is 0 Å². The number of carboxylic acid groups (broad SMARTS) is 1. The summed E-state index contributed by atoms with van der Waals surface area (Å²) in [5, 5.41) is 14.0. The predicted octanol–water partition coefficient (Wildman–Crippen LogP) is 1.51.